The minimum Gasteiger partial charge on any atom is -0.494 e. The first-order chi connectivity index (χ1) is 12.6. The molecule has 0 radical (unpaired) electrons. The number of carbonyl (C=O) groups excluding carboxylic acids is 2. The van der Waals surface area contributed by atoms with Crippen molar-refractivity contribution in [1.82, 2.24) is 4.90 Å². The molecular formula is C20H25NO5. The Morgan fingerprint density at radius 3 is 2.58 bits per heavy atom. The fraction of sp³-hybridized carbons (Fsp3) is 0.500. The third-order valence-electron chi connectivity index (χ3n) is 4.69. The summed E-state index contributed by atoms with van der Waals surface area (Å²) in [6, 6.07) is 5.41. The Bertz CT molecular complexity index is 787. The lowest BCUT2D eigenvalue weighted by molar-refractivity contribution is -0.134. The molecule has 2 aromatic rings. The summed E-state index contributed by atoms with van der Waals surface area (Å²) in [4.78, 5) is 26.4. The lowest BCUT2D eigenvalue weighted by atomic mass is 10.1. The number of ether oxygens (including phenoxy) is 2. The van der Waals surface area contributed by atoms with Crippen LogP contribution in [0.15, 0.2) is 22.6 Å². The standard InChI is InChI=1S/C20H25NO5/c1-3-24-15-8-9-17-16(12-15)14(2)19(26-17)20(23)25-13-18(22)21-10-6-4-5-7-11-21/h8-9,12H,3-7,10-11,13H2,1-2H3. The zero-order chi connectivity index (χ0) is 18.5. The molecule has 1 amide bonds. The molecule has 0 unspecified atom stereocenters. The average molecular weight is 359 g/mol. The van der Waals surface area contributed by atoms with E-state index in [1.807, 2.05) is 13.0 Å². The number of esters is 1. The second kappa shape index (κ2) is 8.25. The monoisotopic (exact) mass is 359 g/mol. The van der Waals surface area contributed by atoms with Crippen LogP contribution in [-0.2, 0) is 9.53 Å². The molecule has 140 valence electrons. The van der Waals surface area contributed by atoms with Crippen molar-refractivity contribution < 1.29 is 23.5 Å². The summed E-state index contributed by atoms with van der Waals surface area (Å²) in [5.74, 6) is 0.102. The van der Waals surface area contributed by atoms with Crippen molar-refractivity contribution in [3.63, 3.8) is 0 Å². The Labute approximate surface area is 153 Å². The third kappa shape index (κ3) is 4.00. The number of hydrogen-bond acceptors (Lipinski definition) is 5. The molecule has 3 rings (SSSR count). The molecule has 0 bridgehead atoms. The smallest absolute Gasteiger partial charge is 0.375 e. The Kier molecular flexibility index (Phi) is 5.81. The third-order valence-corrected chi connectivity index (χ3v) is 4.69. The van der Waals surface area contributed by atoms with Crippen LogP contribution in [0.25, 0.3) is 11.0 Å². The quantitative estimate of drug-likeness (QED) is 0.762. The summed E-state index contributed by atoms with van der Waals surface area (Å²) in [5, 5.41) is 0.807. The second-order valence-electron chi connectivity index (χ2n) is 6.52. The summed E-state index contributed by atoms with van der Waals surface area (Å²) in [5.41, 5.74) is 1.28. The number of nitrogens with zero attached hydrogens (tertiary/aromatic N) is 1. The van der Waals surface area contributed by atoms with E-state index in [9.17, 15) is 9.59 Å². The van der Waals surface area contributed by atoms with E-state index in [1.54, 1.807) is 24.0 Å². The van der Waals surface area contributed by atoms with E-state index in [1.165, 1.54) is 0 Å². The first-order valence-corrected chi connectivity index (χ1v) is 9.21. The van der Waals surface area contributed by atoms with Gasteiger partial charge in [-0.2, -0.15) is 0 Å². The predicted molar refractivity (Wildman–Crippen MR) is 97.5 cm³/mol. The minimum atomic E-state index is -0.611. The van der Waals surface area contributed by atoms with Gasteiger partial charge in [-0.15, -0.1) is 0 Å². The van der Waals surface area contributed by atoms with Gasteiger partial charge in [-0.3, -0.25) is 4.79 Å². The van der Waals surface area contributed by atoms with Gasteiger partial charge in [0.25, 0.3) is 5.91 Å². The van der Waals surface area contributed by atoms with Gasteiger partial charge >= 0.3 is 5.97 Å². The van der Waals surface area contributed by atoms with Gasteiger partial charge < -0.3 is 18.8 Å². The van der Waals surface area contributed by atoms with E-state index in [-0.39, 0.29) is 18.3 Å². The molecule has 1 aromatic carbocycles. The van der Waals surface area contributed by atoms with Gasteiger partial charge in [0, 0.05) is 24.0 Å². The van der Waals surface area contributed by atoms with Crippen molar-refractivity contribution in [2.24, 2.45) is 0 Å². The van der Waals surface area contributed by atoms with Crippen molar-refractivity contribution in [3.05, 3.63) is 29.5 Å². The molecular weight excluding hydrogens is 334 g/mol. The SMILES string of the molecule is CCOc1ccc2oc(C(=O)OCC(=O)N3CCCCCC3)c(C)c2c1. The van der Waals surface area contributed by atoms with E-state index >= 15 is 0 Å². The molecule has 1 aliphatic heterocycles. The van der Waals surface area contributed by atoms with Crippen LogP contribution >= 0.6 is 0 Å². The largest absolute Gasteiger partial charge is 0.494 e. The number of carbonyl (C=O) groups is 2. The normalized spacial score (nSPS) is 14.9. The maximum atomic E-state index is 12.4. The number of furan rings is 1. The molecule has 6 heteroatoms. The summed E-state index contributed by atoms with van der Waals surface area (Å²) in [6.45, 7) is 5.50. The van der Waals surface area contributed by atoms with Crippen LogP contribution in [0.2, 0.25) is 0 Å². The van der Waals surface area contributed by atoms with Crippen LogP contribution in [-0.4, -0.2) is 43.1 Å². The molecule has 1 aromatic heterocycles. The van der Waals surface area contributed by atoms with Crippen LogP contribution in [0.3, 0.4) is 0 Å². The zero-order valence-electron chi connectivity index (χ0n) is 15.4. The van der Waals surface area contributed by atoms with Crippen molar-refractivity contribution in [2.45, 2.75) is 39.5 Å². The number of rotatable bonds is 5. The van der Waals surface area contributed by atoms with Gasteiger partial charge in [-0.1, -0.05) is 12.8 Å². The molecule has 6 nitrogen and oxygen atoms in total. The number of aryl methyl sites for hydroxylation is 1. The maximum absolute atomic E-state index is 12.4. The fourth-order valence-electron chi connectivity index (χ4n) is 3.26. The van der Waals surface area contributed by atoms with Crippen molar-refractivity contribution in [2.75, 3.05) is 26.3 Å². The van der Waals surface area contributed by atoms with Gasteiger partial charge in [0.15, 0.2) is 6.61 Å². The average Bonchev–Trinajstić information content (AvgIpc) is 2.82. The van der Waals surface area contributed by atoms with E-state index in [4.69, 9.17) is 13.9 Å². The van der Waals surface area contributed by atoms with Gasteiger partial charge in [0.1, 0.15) is 11.3 Å². The number of benzene rings is 1. The summed E-state index contributed by atoms with van der Waals surface area (Å²) in [7, 11) is 0. The highest BCUT2D eigenvalue weighted by atomic mass is 16.5. The molecule has 0 atom stereocenters. The first-order valence-electron chi connectivity index (χ1n) is 9.21. The van der Waals surface area contributed by atoms with Crippen LogP contribution in [0.1, 0.15) is 48.7 Å². The number of amides is 1. The van der Waals surface area contributed by atoms with Crippen molar-refractivity contribution in [3.8, 4) is 5.75 Å². The lowest BCUT2D eigenvalue weighted by Crippen LogP contribution is -2.35. The molecule has 0 N–H and O–H groups in total. The van der Waals surface area contributed by atoms with E-state index < -0.39 is 5.97 Å². The predicted octanol–water partition coefficient (Wildman–Crippen LogP) is 3.70. The number of likely N-dealkylation sites (tertiary alicyclic amines) is 1. The van der Waals surface area contributed by atoms with Gasteiger partial charge in [0.05, 0.1) is 6.61 Å². The Morgan fingerprint density at radius 1 is 1.15 bits per heavy atom. The van der Waals surface area contributed by atoms with Crippen LogP contribution < -0.4 is 4.74 Å². The maximum Gasteiger partial charge on any atom is 0.375 e. The summed E-state index contributed by atoms with van der Waals surface area (Å²) in [6.07, 6.45) is 4.30. The Balaban J connectivity index is 1.67. The van der Waals surface area contributed by atoms with Gasteiger partial charge in [-0.25, -0.2) is 4.79 Å². The van der Waals surface area contributed by atoms with Crippen LogP contribution in [0.4, 0.5) is 0 Å². The highest BCUT2D eigenvalue weighted by Crippen LogP contribution is 2.29. The topological polar surface area (TPSA) is 69.0 Å². The fourth-order valence-corrected chi connectivity index (χ4v) is 3.26. The number of hydrogen-bond donors (Lipinski definition) is 0. The first kappa shape index (κ1) is 18.3. The van der Waals surface area contributed by atoms with E-state index in [0.29, 0.717) is 17.8 Å². The molecule has 0 aliphatic carbocycles. The van der Waals surface area contributed by atoms with E-state index in [0.717, 1.165) is 49.9 Å². The Hall–Kier alpha value is -2.50. The highest BCUT2D eigenvalue weighted by Gasteiger charge is 2.22. The van der Waals surface area contributed by atoms with E-state index in [2.05, 4.69) is 0 Å². The van der Waals surface area contributed by atoms with Crippen molar-refractivity contribution in [1.29, 1.82) is 0 Å². The van der Waals surface area contributed by atoms with Gasteiger partial charge in [-0.05, 0) is 44.9 Å². The molecule has 0 spiro atoms. The molecule has 1 fully saturated rings. The van der Waals surface area contributed by atoms with Crippen LogP contribution in [0.5, 0.6) is 5.75 Å². The summed E-state index contributed by atoms with van der Waals surface area (Å²) < 4.78 is 16.3. The van der Waals surface area contributed by atoms with Gasteiger partial charge in [0.2, 0.25) is 5.76 Å². The Morgan fingerprint density at radius 2 is 1.88 bits per heavy atom. The minimum absolute atomic E-state index is 0.136. The molecule has 0 saturated carbocycles. The van der Waals surface area contributed by atoms with Crippen molar-refractivity contribution >= 4 is 22.8 Å². The highest BCUT2D eigenvalue weighted by molar-refractivity contribution is 5.97. The molecule has 1 saturated heterocycles. The molecule has 26 heavy (non-hydrogen) atoms. The van der Waals surface area contributed by atoms with Crippen LogP contribution in [0, 0.1) is 6.92 Å². The second-order valence-corrected chi connectivity index (χ2v) is 6.52. The molecule has 2 heterocycles. The zero-order valence-corrected chi connectivity index (χ0v) is 15.4. The number of fused-ring (bicyclic) bond motifs is 1. The lowest BCUT2D eigenvalue weighted by Gasteiger charge is -2.19. The molecule has 1 aliphatic rings. The summed E-state index contributed by atoms with van der Waals surface area (Å²) >= 11 is 0.